The van der Waals surface area contributed by atoms with Crippen LogP contribution in [-0.2, 0) is 0 Å². The Morgan fingerprint density at radius 1 is 0.244 bits per heavy atom. The molecule has 3 aliphatic rings. The SMILES string of the molecule is CC(C)c1ccc(-c2c3nc(c(-c4ccccc4)c4[nH]c(c(-c5ccc(C(C)C)cc5)c5nc(c(-c6ccccc6)c6[nH]c2c2cc7ccccc7cc62)-c2cc6ccccc6cc2-5)c2cc5ccccc5cc42)-c2cc4ccccc4cc2-3)cc1. The Morgan fingerprint density at radius 3 is 0.709 bits per heavy atom. The fourth-order valence-electron chi connectivity index (χ4n) is 14.0. The molecule has 4 heterocycles. The van der Waals surface area contributed by atoms with Gasteiger partial charge in [-0.15, -0.1) is 0 Å². The normalized spacial score (nSPS) is 12.2. The topological polar surface area (TPSA) is 57.4 Å². The van der Waals surface area contributed by atoms with Gasteiger partial charge in [0, 0.05) is 66.1 Å². The minimum Gasteiger partial charge on any atom is -0.353 e. The Bertz CT molecular complexity index is 5150. The highest BCUT2D eigenvalue weighted by molar-refractivity contribution is 6.25. The summed E-state index contributed by atoms with van der Waals surface area (Å²) in [5, 5.41) is 13.7. The number of fused-ring (bicyclic) bond motifs is 4. The zero-order valence-electron chi connectivity index (χ0n) is 48.3. The fourth-order valence-corrected chi connectivity index (χ4v) is 14.0. The highest BCUT2D eigenvalue weighted by Crippen LogP contribution is 2.54. The van der Waals surface area contributed by atoms with Crippen LogP contribution < -0.4 is 0 Å². The quantitative estimate of drug-likeness (QED) is 0.174. The highest BCUT2D eigenvalue weighted by atomic mass is 14.8. The van der Waals surface area contributed by atoms with Crippen molar-refractivity contribution >= 4 is 86.7 Å². The maximum atomic E-state index is 6.25. The Morgan fingerprint density at radius 2 is 0.465 bits per heavy atom. The molecule has 4 heteroatoms. The molecule has 2 aromatic heterocycles. The standard InChI is InChI=1S/C82H58N4/c1-47(2)49-31-35-53(36-32-49)73-79-67-43-59-27-15-11-23-55(59)39-63(67)75(83-79)71(51-19-7-5-8-20-51)77-65-41-57-25-13-17-29-61(57)45-69(65)81(85-77)74(54-37-33-50(34-38-54)48(3)4)82-70-46-62-30-18-14-26-58(62)42-66(70)78(86-82)72(52-21-9-6-10-22-52)76-64-40-56-24-12-16-28-60(56)44-68(64)80(73)84-76/h5-48,83,86H,1-4H3. The second-order valence-electron chi connectivity index (χ2n) is 24.1. The minimum absolute atomic E-state index is 0.348. The second kappa shape index (κ2) is 19.5. The molecule has 0 spiro atoms. The molecule has 86 heavy (non-hydrogen) atoms. The Hall–Kier alpha value is -10.7. The summed E-state index contributed by atoms with van der Waals surface area (Å²) in [6.07, 6.45) is 0. The summed E-state index contributed by atoms with van der Waals surface area (Å²) in [5.41, 5.74) is 22.9. The maximum Gasteiger partial charge on any atom is 0.0816 e. The predicted octanol–water partition coefficient (Wildman–Crippen LogP) is 22.8. The molecule has 12 aromatic carbocycles. The Balaban J connectivity index is 1.21. The van der Waals surface area contributed by atoms with Gasteiger partial charge in [0.2, 0.25) is 0 Å². The van der Waals surface area contributed by atoms with E-state index in [0.29, 0.717) is 11.8 Å². The summed E-state index contributed by atoms with van der Waals surface area (Å²) < 4.78 is 0. The summed E-state index contributed by atoms with van der Waals surface area (Å²) in [6, 6.07) is 94.8. The number of nitrogens with zero attached hydrogens (tertiary/aromatic N) is 2. The van der Waals surface area contributed by atoms with Crippen LogP contribution in [0.5, 0.6) is 0 Å². The van der Waals surface area contributed by atoms with Crippen molar-refractivity contribution in [2.24, 2.45) is 0 Å². The van der Waals surface area contributed by atoms with Gasteiger partial charge >= 0.3 is 0 Å². The Kier molecular flexibility index (Phi) is 11.3. The number of benzene rings is 12. The van der Waals surface area contributed by atoms with Gasteiger partial charge in [0.15, 0.2) is 0 Å². The zero-order valence-corrected chi connectivity index (χ0v) is 48.3. The third kappa shape index (κ3) is 7.83. The van der Waals surface area contributed by atoms with Gasteiger partial charge in [-0.3, -0.25) is 0 Å². The molecule has 0 radical (unpaired) electrons. The lowest BCUT2D eigenvalue weighted by atomic mass is 9.90. The molecule has 0 saturated heterocycles. The van der Waals surface area contributed by atoms with Crippen LogP contribution >= 0.6 is 0 Å². The highest BCUT2D eigenvalue weighted by Gasteiger charge is 2.31. The molecule has 0 atom stereocenters. The molecular formula is C82H58N4. The van der Waals surface area contributed by atoms with Gasteiger partial charge < -0.3 is 9.97 Å². The van der Waals surface area contributed by atoms with Crippen LogP contribution in [0, 0.1) is 0 Å². The van der Waals surface area contributed by atoms with Gasteiger partial charge in [-0.1, -0.05) is 234 Å². The number of hydrogen-bond donors (Lipinski definition) is 2. The van der Waals surface area contributed by atoms with Gasteiger partial charge in [0.25, 0.3) is 0 Å². The number of hydrogen-bond acceptors (Lipinski definition) is 2. The molecule has 0 amide bonds. The number of aromatic nitrogens is 4. The molecule has 0 saturated carbocycles. The van der Waals surface area contributed by atoms with E-state index in [-0.39, 0.29) is 0 Å². The van der Waals surface area contributed by atoms with Crippen molar-refractivity contribution in [3.63, 3.8) is 0 Å². The van der Waals surface area contributed by atoms with Gasteiger partial charge in [0.1, 0.15) is 0 Å². The lowest BCUT2D eigenvalue weighted by Gasteiger charge is -2.12. The number of nitrogens with one attached hydrogen (secondary N) is 2. The van der Waals surface area contributed by atoms with Crippen LogP contribution in [-0.4, -0.2) is 19.9 Å². The molecular weight excluding hydrogens is 1040 g/mol. The largest absolute Gasteiger partial charge is 0.353 e. The molecule has 2 aliphatic heterocycles. The van der Waals surface area contributed by atoms with E-state index >= 15 is 0 Å². The predicted molar refractivity (Wildman–Crippen MR) is 365 cm³/mol. The third-order valence-electron chi connectivity index (χ3n) is 18.4. The van der Waals surface area contributed by atoms with Gasteiger partial charge in [-0.05, 0) is 137 Å². The summed E-state index contributed by atoms with van der Waals surface area (Å²) in [4.78, 5) is 21.2. The molecule has 406 valence electrons. The molecule has 2 N–H and O–H groups in total. The van der Waals surface area contributed by atoms with E-state index in [9.17, 15) is 0 Å². The van der Waals surface area contributed by atoms with Crippen molar-refractivity contribution in [1.82, 2.24) is 19.9 Å². The van der Waals surface area contributed by atoms with Crippen LogP contribution in [0.15, 0.2) is 255 Å². The van der Waals surface area contributed by atoms with Crippen molar-refractivity contribution in [3.05, 3.63) is 266 Å². The van der Waals surface area contributed by atoms with E-state index in [0.717, 1.165) is 176 Å². The molecule has 14 aromatic rings. The van der Waals surface area contributed by atoms with Crippen LogP contribution in [0.25, 0.3) is 176 Å². The molecule has 0 fully saturated rings. The number of aromatic amines is 2. The first-order valence-corrected chi connectivity index (χ1v) is 30.2. The maximum absolute atomic E-state index is 6.25. The first kappa shape index (κ1) is 49.9. The van der Waals surface area contributed by atoms with Crippen LogP contribution in [0.2, 0.25) is 0 Å². The van der Waals surface area contributed by atoms with E-state index in [1.165, 1.54) is 11.1 Å². The Labute approximate surface area is 498 Å². The fraction of sp³-hybridized carbons (Fsp3) is 0.0732. The molecule has 8 bridgehead atoms. The van der Waals surface area contributed by atoms with Crippen LogP contribution in [0.1, 0.15) is 50.7 Å². The zero-order chi connectivity index (χ0) is 57.3. The lowest BCUT2D eigenvalue weighted by molar-refractivity contribution is 0.867. The smallest absolute Gasteiger partial charge is 0.0816 e. The summed E-state index contributed by atoms with van der Waals surface area (Å²) in [6.45, 7) is 9.08. The summed E-state index contributed by atoms with van der Waals surface area (Å²) >= 11 is 0. The minimum atomic E-state index is 0.348. The van der Waals surface area contributed by atoms with E-state index in [2.05, 4.69) is 292 Å². The lowest BCUT2D eigenvalue weighted by Crippen LogP contribution is -1.90. The monoisotopic (exact) mass is 1100 g/mol. The van der Waals surface area contributed by atoms with Crippen LogP contribution in [0.4, 0.5) is 0 Å². The molecule has 17 rings (SSSR count). The third-order valence-corrected chi connectivity index (χ3v) is 18.4. The van der Waals surface area contributed by atoms with E-state index in [4.69, 9.17) is 9.97 Å². The van der Waals surface area contributed by atoms with E-state index in [1.54, 1.807) is 0 Å². The molecule has 0 unspecified atom stereocenters. The number of rotatable bonds is 6. The first-order valence-electron chi connectivity index (χ1n) is 30.2. The first-order chi connectivity index (χ1) is 42.3. The van der Waals surface area contributed by atoms with Crippen molar-refractivity contribution in [3.8, 4) is 89.5 Å². The van der Waals surface area contributed by atoms with Crippen molar-refractivity contribution < 1.29 is 0 Å². The van der Waals surface area contributed by atoms with E-state index < -0.39 is 0 Å². The molecule has 4 nitrogen and oxygen atoms in total. The van der Waals surface area contributed by atoms with Crippen molar-refractivity contribution in [1.29, 1.82) is 0 Å². The second-order valence-corrected chi connectivity index (χ2v) is 24.1. The summed E-state index contributed by atoms with van der Waals surface area (Å²) in [7, 11) is 0. The van der Waals surface area contributed by atoms with Crippen LogP contribution in [0.3, 0.4) is 0 Å². The number of H-pyrrole nitrogens is 2. The van der Waals surface area contributed by atoms with Gasteiger partial charge in [0.05, 0.1) is 44.8 Å². The van der Waals surface area contributed by atoms with E-state index in [1.807, 2.05) is 0 Å². The van der Waals surface area contributed by atoms with Crippen molar-refractivity contribution in [2.75, 3.05) is 0 Å². The van der Waals surface area contributed by atoms with Crippen molar-refractivity contribution in [2.45, 2.75) is 39.5 Å². The average Bonchev–Trinajstić information content (AvgIpc) is 1.74. The van der Waals surface area contributed by atoms with Gasteiger partial charge in [-0.2, -0.15) is 0 Å². The molecule has 1 aliphatic carbocycles. The van der Waals surface area contributed by atoms with Gasteiger partial charge in [-0.25, -0.2) is 9.97 Å². The average molecular weight is 1100 g/mol. The summed E-state index contributed by atoms with van der Waals surface area (Å²) in [5.74, 6) is 0.696.